The number of nitrogens with one attached hydrogen (secondary N) is 1. The van der Waals surface area contributed by atoms with Gasteiger partial charge in [-0.3, -0.25) is 0 Å². The standard InChI is InChI=1S/C13H17FN4/c1-3-18-13(12(15)9(2)17-18)16-8-10-4-6-11(14)7-5-10/h4-7,16H,3,8,15H2,1-2H3. The summed E-state index contributed by atoms with van der Waals surface area (Å²) < 4.78 is 14.6. The van der Waals surface area contributed by atoms with Crippen molar-refractivity contribution in [1.29, 1.82) is 0 Å². The number of benzene rings is 1. The summed E-state index contributed by atoms with van der Waals surface area (Å²) in [7, 11) is 0. The van der Waals surface area contributed by atoms with Crippen LogP contribution in [-0.4, -0.2) is 9.78 Å². The maximum absolute atomic E-state index is 12.8. The largest absolute Gasteiger partial charge is 0.394 e. The Kier molecular flexibility index (Phi) is 3.50. The number of halogens is 1. The quantitative estimate of drug-likeness (QED) is 0.874. The van der Waals surface area contributed by atoms with Crippen LogP contribution in [0.5, 0.6) is 0 Å². The van der Waals surface area contributed by atoms with Gasteiger partial charge in [-0.2, -0.15) is 5.10 Å². The molecule has 2 aromatic rings. The molecule has 0 amide bonds. The molecule has 1 aromatic carbocycles. The van der Waals surface area contributed by atoms with Crippen molar-refractivity contribution >= 4 is 11.5 Å². The van der Waals surface area contributed by atoms with Crippen LogP contribution in [0.4, 0.5) is 15.9 Å². The van der Waals surface area contributed by atoms with E-state index in [9.17, 15) is 4.39 Å². The molecule has 0 radical (unpaired) electrons. The second-order valence-corrected chi connectivity index (χ2v) is 4.14. The van der Waals surface area contributed by atoms with E-state index in [1.165, 1.54) is 12.1 Å². The number of nitrogens with zero attached hydrogens (tertiary/aromatic N) is 2. The van der Waals surface area contributed by atoms with Gasteiger partial charge in [0.15, 0.2) is 0 Å². The zero-order valence-electron chi connectivity index (χ0n) is 10.6. The SMILES string of the molecule is CCn1nc(C)c(N)c1NCc1ccc(F)cc1. The van der Waals surface area contributed by atoms with Gasteiger partial charge in [0.1, 0.15) is 11.6 Å². The summed E-state index contributed by atoms with van der Waals surface area (Å²) in [6.45, 7) is 5.24. The first-order chi connectivity index (χ1) is 8.61. The Morgan fingerprint density at radius 1 is 1.33 bits per heavy atom. The molecule has 0 atom stereocenters. The number of nitrogen functional groups attached to an aromatic ring is 1. The smallest absolute Gasteiger partial charge is 0.148 e. The number of rotatable bonds is 4. The third-order valence-corrected chi connectivity index (χ3v) is 2.85. The summed E-state index contributed by atoms with van der Waals surface area (Å²) in [5.41, 5.74) is 8.44. The third-order valence-electron chi connectivity index (χ3n) is 2.85. The molecule has 0 aliphatic heterocycles. The van der Waals surface area contributed by atoms with Gasteiger partial charge in [0.2, 0.25) is 0 Å². The van der Waals surface area contributed by atoms with Gasteiger partial charge in [-0.15, -0.1) is 0 Å². The van der Waals surface area contributed by atoms with Gasteiger partial charge in [0, 0.05) is 13.1 Å². The summed E-state index contributed by atoms with van der Waals surface area (Å²) >= 11 is 0. The maximum atomic E-state index is 12.8. The van der Waals surface area contributed by atoms with Gasteiger partial charge >= 0.3 is 0 Å². The number of hydrogen-bond donors (Lipinski definition) is 2. The minimum atomic E-state index is -0.229. The fourth-order valence-corrected chi connectivity index (χ4v) is 1.80. The predicted molar refractivity (Wildman–Crippen MR) is 70.8 cm³/mol. The minimum Gasteiger partial charge on any atom is -0.394 e. The lowest BCUT2D eigenvalue weighted by Crippen LogP contribution is -2.08. The summed E-state index contributed by atoms with van der Waals surface area (Å²) in [5, 5.41) is 7.57. The van der Waals surface area contributed by atoms with Crippen LogP contribution in [0.2, 0.25) is 0 Å². The van der Waals surface area contributed by atoms with E-state index in [2.05, 4.69) is 10.4 Å². The van der Waals surface area contributed by atoms with E-state index in [0.717, 1.165) is 23.6 Å². The molecule has 5 heteroatoms. The third kappa shape index (κ3) is 2.45. The molecule has 0 bridgehead atoms. The van der Waals surface area contributed by atoms with Crippen LogP contribution in [0.1, 0.15) is 18.2 Å². The Morgan fingerprint density at radius 3 is 2.61 bits per heavy atom. The fraction of sp³-hybridized carbons (Fsp3) is 0.308. The molecule has 1 heterocycles. The van der Waals surface area contributed by atoms with Crippen LogP contribution in [-0.2, 0) is 13.1 Å². The molecule has 0 saturated heterocycles. The van der Waals surface area contributed by atoms with Crippen molar-refractivity contribution < 1.29 is 4.39 Å². The molecular formula is C13H17FN4. The number of aromatic nitrogens is 2. The van der Waals surface area contributed by atoms with Crippen LogP contribution in [0, 0.1) is 12.7 Å². The maximum Gasteiger partial charge on any atom is 0.148 e. The molecule has 1 aromatic heterocycles. The first-order valence-electron chi connectivity index (χ1n) is 5.93. The molecule has 0 spiro atoms. The number of nitrogens with two attached hydrogens (primary N) is 1. The highest BCUT2D eigenvalue weighted by Crippen LogP contribution is 2.22. The molecule has 3 N–H and O–H groups in total. The molecule has 2 rings (SSSR count). The monoisotopic (exact) mass is 248 g/mol. The highest BCUT2D eigenvalue weighted by Gasteiger charge is 2.10. The Labute approximate surface area is 106 Å². The first kappa shape index (κ1) is 12.4. The molecule has 0 fully saturated rings. The van der Waals surface area contributed by atoms with Gasteiger partial charge in [0.05, 0.1) is 11.4 Å². The van der Waals surface area contributed by atoms with Crippen molar-refractivity contribution in [3.63, 3.8) is 0 Å². The molecule has 0 aliphatic rings. The summed E-state index contributed by atoms with van der Waals surface area (Å²) in [6, 6.07) is 6.39. The Balaban J connectivity index is 2.12. The van der Waals surface area contributed by atoms with E-state index < -0.39 is 0 Å². The van der Waals surface area contributed by atoms with E-state index in [-0.39, 0.29) is 5.82 Å². The van der Waals surface area contributed by atoms with Crippen molar-refractivity contribution in [2.75, 3.05) is 11.1 Å². The number of aryl methyl sites for hydroxylation is 2. The molecular weight excluding hydrogens is 231 g/mol. The zero-order chi connectivity index (χ0) is 13.1. The van der Waals surface area contributed by atoms with Gasteiger partial charge < -0.3 is 11.1 Å². The first-order valence-corrected chi connectivity index (χ1v) is 5.93. The highest BCUT2D eigenvalue weighted by atomic mass is 19.1. The van der Waals surface area contributed by atoms with E-state index in [4.69, 9.17) is 5.73 Å². The molecule has 0 unspecified atom stereocenters. The van der Waals surface area contributed by atoms with Crippen molar-refractivity contribution in [1.82, 2.24) is 9.78 Å². The number of anilines is 2. The normalized spacial score (nSPS) is 10.6. The topological polar surface area (TPSA) is 55.9 Å². The molecule has 18 heavy (non-hydrogen) atoms. The van der Waals surface area contributed by atoms with Crippen LogP contribution in [0.25, 0.3) is 0 Å². The van der Waals surface area contributed by atoms with Crippen LogP contribution in [0.15, 0.2) is 24.3 Å². The second kappa shape index (κ2) is 5.08. The number of hydrogen-bond acceptors (Lipinski definition) is 3. The van der Waals surface area contributed by atoms with E-state index >= 15 is 0 Å². The summed E-state index contributed by atoms with van der Waals surface area (Å²) in [5.74, 6) is 0.590. The summed E-state index contributed by atoms with van der Waals surface area (Å²) in [6.07, 6.45) is 0. The van der Waals surface area contributed by atoms with Gasteiger partial charge in [-0.25, -0.2) is 9.07 Å². The molecule has 0 aliphatic carbocycles. The van der Waals surface area contributed by atoms with Crippen molar-refractivity contribution in [3.8, 4) is 0 Å². The molecule has 4 nitrogen and oxygen atoms in total. The zero-order valence-corrected chi connectivity index (χ0v) is 10.6. The summed E-state index contributed by atoms with van der Waals surface area (Å²) in [4.78, 5) is 0. The van der Waals surface area contributed by atoms with E-state index in [1.807, 2.05) is 18.5 Å². The van der Waals surface area contributed by atoms with E-state index in [0.29, 0.717) is 12.2 Å². The van der Waals surface area contributed by atoms with Crippen LogP contribution >= 0.6 is 0 Å². The minimum absolute atomic E-state index is 0.229. The lowest BCUT2D eigenvalue weighted by Gasteiger charge is -2.09. The van der Waals surface area contributed by atoms with Crippen LogP contribution < -0.4 is 11.1 Å². The van der Waals surface area contributed by atoms with Gasteiger partial charge in [-0.05, 0) is 31.5 Å². The van der Waals surface area contributed by atoms with Crippen molar-refractivity contribution in [2.45, 2.75) is 26.9 Å². The van der Waals surface area contributed by atoms with E-state index in [1.54, 1.807) is 12.1 Å². The van der Waals surface area contributed by atoms with Crippen molar-refractivity contribution in [3.05, 3.63) is 41.3 Å². The average Bonchev–Trinajstić information content (AvgIpc) is 2.65. The average molecular weight is 248 g/mol. The van der Waals surface area contributed by atoms with Crippen molar-refractivity contribution in [2.24, 2.45) is 0 Å². The Bertz CT molecular complexity index is 531. The molecule has 0 saturated carbocycles. The Hall–Kier alpha value is -2.04. The molecule has 96 valence electrons. The lowest BCUT2D eigenvalue weighted by atomic mass is 10.2. The van der Waals surface area contributed by atoms with Gasteiger partial charge in [-0.1, -0.05) is 12.1 Å². The Morgan fingerprint density at radius 2 is 2.00 bits per heavy atom. The van der Waals surface area contributed by atoms with Gasteiger partial charge in [0.25, 0.3) is 0 Å². The second-order valence-electron chi connectivity index (χ2n) is 4.14. The van der Waals surface area contributed by atoms with Crippen LogP contribution in [0.3, 0.4) is 0 Å². The lowest BCUT2D eigenvalue weighted by molar-refractivity contribution is 0.627. The highest BCUT2D eigenvalue weighted by molar-refractivity contribution is 5.64. The fourth-order valence-electron chi connectivity index (χ4n) is 1.80. The predicted octanol–water partition coefficient (Wildman–Crippen LogP) is 2.54.